The van der Waals surface area contributed by atoms with Gasteiger partial charge in [0.15, 0.2) is 22.6 Å². The van der Waals surface area contributed by atoms with Crippen molar-refractivity contribution in [2.24, 2.45) is 10.8 Å². The number of H-pyrrole nitrogens is 1. The van der Waals surface area contributed by atoms with E-state index in [-0.39, 0.29) is 49.9 Å². The molecule has 3 heterocycles. The second-order valence-corrected chi connectivity index (χ2v) is 17.3. The highest BCUT2D eigenvalue weighted by atomic mass is 32.2. The first-order valence-corrected chi connectivity index (χ1v) is 19.3. The van der Waals surface area contributed by atoms with E-state index in [0.717, 1.165) is 40.4 Å². The lowest BCUT2D eigenvalue weighted by atomic mass is 9.95. The molecule has 2 aliphatic rings. The average Bonchev–Trinajstić information content (AvgIpc) is 3.48. The molecule has 50 heavy (non-hydrogen) atoms. The zero-order chi connectivity index (χ0) is 37.4. The number of carbonyl (C=O) groups is 2. The SMILES string of the molecule is COC1OC2[C@@](F)(COP(=O)(OCCOCCSC(=O)C(C)(C)C)OCCOCCSC(=O)C(C)(C)C)O[C@@H](n3ccc(=O)[nH]c3=O)[C@]2(C)O1. The molecule has 2 unspecified atom stereocenters. The topological polar surface area (TPSA) is 189 Å². The highest BCUT2D eigenvalue weighted by Gasteiger charge is 2.71. The van der Waals surface area contributed by atoms with Gasteiger partial charge in [0.25, 0.3) is 17.9 Å². The van der Waals surface area contributed by atoms with Crippen molar-refractivity contribution in [2.45, 2.75) is 78.7 Å². The molecule has 0 aromatic carbocycles. The third-order valence-electron chi connectivity index (χ3n) is 7.12. The first-order chi connectivity index (χ1) is 23.2. The van der Waals surface area contributed by atoms with Crippen molar-refractivity contribution in [3.05, 3.63) is 33.1 Å². The van der Waals surface area contributed by atoms with Gasteiger partial charge in [-0.25, -0.2) is 13.8 Å². The summed E-state index contributed by atoms with van der Waals surface area (Å²) in [6, 6.07) is 1.05. The van der Waals surface area contributed by atoms with Crippen LogP contribution >= 0.6 is 31.3 Å². The normalized spacial score (nSPS) is 25.6. The molecule has 5 atom stereocenters. The number of nitrogens with zero attached hydrogens (tertiary/aromatic N) is 1. The molecule has 16 nitrogen and oxygen atoms in total. The molecule has 2 saturated heterocycles. The standard InChI is InChI=1S/C30H48FN2O14PS2/c1-27(2,3)23(35)49-17-15-40-11-13-42-48(38,43-14-12-41-16-18-50-24(36)28(4,5)6)44-19-30(31)21-29(7,47-26(39-8)45-21)22(46-30)33-10-9-20(34)32-25(33)37/h9-10,21-22,26H,11-19H2,1-8H3,(H,32,34,37)/t21?,22-,26?,29-,30-/m1/s1. The summed E-state index contributed by atoms with van der Waals surface area (Å²) in [6.45, 7) is 9.61. The highest BCUT2D eigenvalue weighted by Crippen LogP contribution is 2.56. The number of rotatable bonds is 19. The van der Waals surface area contributed by atoms with Crippen LogP contribution in [0.15, 0.2) is 21.9 Å². The Kier molecular flexibility index (Phi) is 15.5. The first kappa shape index (κ1) is 42.9. The number of aromatic amines is 1. The summed E-state index contributed by atoms with van der Waals surface area (Å²) >= 11 is 2.26. The number of phosphoric ester groups is 1. The van der Waals surface area contributed by atoms with Gasteiger partial charge in [-0.15, -0.1) is 0 Å². The van der Waals surface area contributed by atoms with Crippen molar-refractivity contribution in [2.75, 3.05) is 64.9 Å². The van der Waals surface area contributed by atoms with Crippen molar-refractivity contribution < 1.29 is 60.5 Å². The summed E-state index contributed by atoms with van der Waals surface area (Å²) in [6.07, 6.45) is -1.96. The van der Waals surface area contributed by atoms with E-state index in [1.165, 1.54) is 14.0 Å². The van der Waals surface area contributed by atoms with Gasteiger partial charge in [-0.1, -0.05) is 65.1 Å². The number of alkyl halides is 1. The van der Waals surface area contributed by atoms with Crippen LogP contribution in [0.1, 0.15) is 54.7 Å². The molecule has 0 aliphatic carbocycles. The van der Waals surface area contributed by atoms with E-state index in [0.29, 0.717) is 11.5 Å². The summed E-state index contributed by atoms with van der Waals surface area (Å²) in [5, 5.41) is 0.0218. The van der Waals surface area contributed by atoms with Crippen molar-refractivity contribution in [3.63, 3.8) is 0 Å². The van der Waals surface area contributed by atoms with E-state index in [1.54, 1.807) is 0 Å². The molecule has 1 N–H and O–H groups in total. The summed E-state index contributed by atoms with van der Waals surface area (Å²) < 4.78 is 80.8. The Hall–Kier alpha value is -1.48. The number of phosphoric acid groups is 1. The molecule has 0 spiro atoms. The fourth-order valence-corrected chi connectivity index (χ4v) is 7.29. The van der Waals surface area contributed by atoms with Gasteiger partial charge in [-0.05, 0) is 6.92 Å². The number of aromatic nitrogens is 2. The maximum absolute atomic E-state index is 16.7. The van der Waals surface area contributed by atoms with Gasteiger partial charge in [-0.3, -0.25) is 37.5 Å². The lowest BCUT2D eigenvalue weighted by molar-refractivity contribution is -0.300. The van der Waals surface area contributed by atoms with Crippen LogP contribution < -0.4 is 11.2 Å². The Balaban J connectivity index is 1.65. The van der Waals surface area contributed by atoms with E-state index in [2.05, 4.69) is 4.98 Å². The molecule has 3 rings (SSSR count). The van der Waals surface area contributed by atoms with E-state index in [1.807, 2.05) is 41.5 Å². The van der Waals surface area contributed by atoms with Gasteiger partial charge < -0.3 is 28.4 Å². The number of ether oxygens (including phenoxy) is 6. The number of halogens is 1. The van der Waals surface area contributed by atoms with Crippen LogP contribution in [0.5, 0.6) is 0 Å². The predicted molar refractivity (Wildman–Crippen MR) is 181 cm³/mol. The summed E-state index contributed by atoms with van der Waals surface area (Å²) in [5.74, 6) is -2.11. The Morgan fingerprint density at radius 2 is 1.46 bits per heavy atom. The second kappa shape index (κ2) is 18.0. The zero-order valence-corrected chi connectivity index (χ0v) is 32.1. The third-order valence-corrected chi connectivity index (χ3v) is 11.1. The van der Waals surface area contributed by atoms with Crippen LogP contribution in [0, 0.1) is 10.8 Å². The summed E-state index contributed by atoms with van der Waals surface area (Å²) in [4.78, 5) is 50.5. The molecule has 1 aromatic rings. The van der Waals surface area contributed by atoms with E-state index < -0.39 is 66.8 Å². The number of methoxy groups -OCH3 is 1. The molecule has 0 amide bonds. The van der Waals surface area contributed by atoms with E-state index in [4.69, 9.17) is 42.0 Å². The van der Waals surface area contributed by atoms with Crippen molar-refractivity contribution in [1.29, 1.82) is 0 Å². The Bertz CT molecular complexity index is 1420. The number of thioether (sulfide) groups is 2. The van der Waals surface area contributed by atoms with Crippen LogP contribution in [0.3, 0.4) is 0 Å². The monoisotopic (exact) mass is 774 g/mol. The molecule has 2 aliphatic heterocycles. The number of nitrogens with one attached hydrogen (secondary N) is 1. The molecule has 1 aromatic heterocycles. The molecule has 0 radical (unpaired) electrons. The maximum Gasteiger partial charge on any atom is 0.475 e. The van der Waals surface area contributed by atoms with E-state index >= 15 is 4.39 Å². The smallest absolute Gasteiger partial charge is 0.378 e. The molecule has 2 fully saturated rings. The van der Waals surface area contributed by atoms with Gasteiger partial charge in [0.05, 0.1) is 39.6 Å². The van der Waals surface area contributed by atoms with Crippen molar-refractivity contribution in [1.82, 2.24) is 9.55 Å². The lowest BCUT2D eigenvalue weighted by Crippen LogP contribution is -2.48. The summed E-state index contributed by atoms with van der Waals surface area (Å²) in [7, 11) is -3.27. The van der Waals surface area contributed by atoms with Gasteiger partial charge in [0.2, 0.25) is 0 Å². The Morgan fingerprint density at radius 3 is 1.94 bits per heavy atom. The minimum absolute atomic E-state index is 0.0109. The lowest BCUT2D eigenvalue weighted by Gasteiger charge is -2.27. The fraction of sp³-hybridized carbons (Fsp3) is 0.800. The third kappa shape index (κ3) is 11.8. The van der Waals surface area contributed by atoms with Crippen LogP contribution in [0.25, 0.3) is 0 Å². The predicted octanol–water partition coefficient (Wildman–Crippen LogP) is 3.64. The molecule has 0 saturated carbocycles. The zero-order valence-electron chi connectivity index (χ0n) is 29.6. The minimum atomic E-state index is -4.53. The van der Waals surface area contributed by atoms with Crippen molar-refractivity contribution in [3.8, 4) is 0 Å². The molecular formula is C30H48FN2O14PS2. The van der Waals surface area contributed by atoms with Gasteiger partial charge in [-0.2, -0.15) is 0 Å². The fourth-order valence-electron chi connectivity index (χ4n) is 4.50. The molecule has 286 valence electrons. The quantitative estimate of drug-likeness (QED) is 0.158. The molecule has 20 heteroatoms. The highest BCUT2D eigenvalue weighted by molar-refractivity contribution is 8.14. The molecular weight excluding hydrogens is 726 g/mol. The summed E-state index contributed by atoms with van der Waals surface area (Å²) in [5.41, 5.74) is -4.27. The van der Waals surface area contributed by atoms with Crippen LogP contribution in [-0.4, -0.2) is 109 Å². The maximum atomic E-state index is 16.7. The second-order valence-electron chi connectivity index (χ2n) is 13.5. The minimum Gasteiger partial charge on any atom is -0.378 e. The van der Waals surface area contributed by atoms with Gasteiger partial charge in [0.1, 0.15) is 12.2 Å². The number of hydrogen-bond donors (Lipinski definition) is 1. The first-order valence-electron chi connectivity index (χ1n) is 15.8. The number of fused-ring (bicyclic) bond motifs is 1. The molecule has 0 bridgehead atoms. The Labute approximate surface area is 298 Å². The van der Waals surface area contributed by atoms with Gasteiger partial charge >= 0.3 is 13.5 Å². The van der Waals surface area contributed by atoms with Crippen LogP contribution in [0.4, 0.5) is 4.39 Å². The number of hydrogen-bond acceptors (Lipinski definition) is 16. The van der Waals surface area contributed by atoms with Crippen LogP contribution in [-0.2, 0) is 56.1 Å². The van der Waals surface area contributed by atoms with Gasteiger partial charge in [0, 0.05) is 41.7 Å². The van der Waals surface area contributed by atoms with Crippen molar-refractivity contribution >= 4 is 41.6 Å². The largest absolute Gasteiger partial charge is 0.475 e. The van der Waals surface area contributed by atoms with E-state index in [9.17, 15) is 23.7 Å². The van der Waals surface area contributed by atoms with Crippen LogP contribution in [0.2, 0.25) is 0 Å². The Morgan fingerprint density at radius 1 is 0.920 bits per heavy atom. The average molecular weight is 775 g/mol. The number of carbonyl (C=O) groups excluding carboxylic acids is 2.